The molecule has 0 aromatic carbocycles. The van der Waals surface area contributed by atoms with Gasteiger partial charge in [-0.05, 0) is 27.2 Å². The molecule has 0 bridgehead atoms. The van der Waals surface area contributed by atoms with Crippen molar-refractivity contribution in [2.24, 2.45) is 0 Å². The molecule has 0 aliphatic carbocycles. The lowest BCUT2D eigenvalue weighted by Crippen LogP contribution is -2.25. The van der Waals surface area contributed by atoms with Gasteiger partial charge in [-0.25, -0.2) is 9.48 Å². The SMILES string of the molecule is CCc1c(C(=O)OC)nn(C(C)(C)C)c1N. The number of esters is 1. The number of ether oxygens (including phenoxy) is 1. The average Bonchev–Trinajstić information content (AvgIpc) is 2.53. The molecule has 0 fully saturated rings. The Kier molecular flexibility index (Phi) is 3.26. The zero-order valence-corrected chi connectivity index (χ0v) is 10.5. The highest BCUT2D eigenvalue weighted by Crippen LogP contribution is 2.25. The van der Waals surface area contributed by atoms with Gasteiger partial charge in [0.1, 0.15) is 5.82 Å². The van der Waals surface area contributed by atoms with Gasteiger partial charge in [0, 0.05) is 5.56 Å². The number of carbonyl (C=O) groups excluding carboxylic acids is 1. The van der Waals surface area contributed by atoms with Crippen LogP contribution in [0.5, 0.6) is 0 Å². The summed E-state index contributed by atoms with van der Waals surface area (Å²) in [7, 11) is 1.34. The summed E-state index contributed by atoms with van der Waals surface area (Å²) in [6.45, 7) is 7.89. The highest BCUT2D eigenvalue weighted by Gasteiger charge is 2.25. The summed E-state index contributed by atoms with van der Waals surface area (Å²) in [6, 6.07) is 0. The van der Waals surface area contributed by atoms with Crippen molar-refractivity contribution in [3.8, 4) is 0 Å². The number of carbonyl (C=O) groups is 1. The molecule has 2 N–H and O–H groups in total. The highest BCUT2D eigenvalue weighted by atomic mass is 16.5. The predicted molar refractivity (Wildman–Crippen MR) is 62.4 cm³/mol. The minimum atomic E-state index is -0.438. The lowest BCUT2D eigenvalue weighted by atomic mass is 10.1. The summed E-state index contributed by atoms with van der Waals surface area (Å²) in [5.41, 5.74) is 6.80. The number of methoxy groups -OCH3 is 1. The molecule has 0 unspecified atom stereocenters. The maximum atomic E-state index is 11.5. The third-order valence-corrected chi connectivity index (χ3v) is 2.39. The van der Waals surface area contributed by atoms with Crippen molar-refractivity contribution in [1.29, 1.82) is 0 Å². The second-order valence-corrected chi connectivity index (χ2v) is 4.64. The van der Waals surface area contributed by atoms with Crippen molar-refractivity contribution < 1.29 is 9.53 Å². The molecule has 0 amide bonds. The van der Waals surface area contributed by atoms with Gasteiger partial charge in [-0.3, -0.25) is 0 Å². The summed E-state index contributed by atoms with van der Waals surface area (Å²) >= 11 is 0. The average molecular weight is 225 g/mol. The number of rotatable bonds is 2. The minimum absolute atomic E-state index is 0.250. The van der Waals surface area contributed by atoms with E-state index in [0.717, 1.165) is 5.56 Å². The molecular formula is C11H19N3O2. The van der Waals surface area contributed by atoms with Crippen LogP contribution in [0.4, 0.5) is 5.82 Å². The summed E-state index contributed by atoms with van der Waals surface area (Å²) in [5, 5.41) is 4.24. The molecule has 1 rings (SSSR count). The van der Waals surface area contributed by atoms with Crippen molar-refractivity contribution >= 4 is 11.8 Å². The Balaban J connectivity index is 3.37. The zero-order valence-electron chi connectivity index (χ0n) is 10.5. The molecule has 0 saturated heterocycles. The van der Waals surface area contributed by atoms with E-state index in [9.17, 15) is 4.79 Å². The first-order chi connectivity index (χ1) is 7.32. The van der Waals surface area contributed by atoms with Crippen molar-refractivity contribution in [1.82, 2.24) is 9.78 Å². The molecule has 1 aromatic heterocycles. The van der Waals surface area contributed by atoms with Gasteiger partial charge < -0.3 is 10.5 Å². The van der Waals surface area contributed by atoms with E-state index < -0.39 is 5.97 Å². The summed E-state index contributed by atoms with van der Waals surface area (Å²) in [5.74, 6) is 0.0990. The van der Waals surface area contributed by atoms with E-state index in [1.54, 1.807) is 4.68 Å². The van der Waals surface area contributed by atoms with E-state index in [2.05, 4.69) is 9.84 Å². The van der Waals surface area contributed by atoms with E-state index in [0.29, 0.717) is 17.9 Å². The fraction of sp³-hybridized carbons (Fsp3) is 0.636. The number of aromatic nitrogens is 2. The van der Waals surface area contributed by atoms with Crippen molar-refractivity contribution in [3.05, 3.63) is 11.3 Å². The van der Waals surface area contributed by atoms with E-state index in [1.165, 1.54) is 7.11 Å². The van der Waals surface area contributed by atoms with Crippen LogP contribution in [-0.2, 0) is 16.7 Å². The fourth-order valence-corrected chi connectivity index (χ4v) is 1.58. The quantitative estimate of drug-likeness (QED) is 0.775. The first-order valence-corrected chi connectivity index (χ1v) is 5.29. The lowest BCUT2D eigenvalue weighted by molar-refractivity contribution is 0.0591. The Labute approximate surface area is 95.6 Å². The van der Waals surface area contributed by atoms with Gasteiger partial charge in [0.15, 0.2) is 5.69 Å². The Bertz CT molecular complexity index is 402. The van der Waals surface area contributed by atoms with Crippen LogP contribution in [0, 0.1) is 0 Å². The summed E-state index contributed by atoms with van der Waals surface area (Å²) in [6.07, 6.45) is 0.659. The largest absolute Gasteiger partial charge is 0.464 e. The standard InChI is InChI=1S/C11H19N3O2/c1-6-7-8(10(15)16-5)13-14(9(7)12)11(2,3)4/h6,12H2,1-5H3. The Morgan fingerprint density at radius 2 is 2.06 bits per heavy atom. The number of nitrogen functional groups attached to an aromatic ring is 1. The van der Waals surface area contributed by atoms with Crippen LogP contribution in [0.15, 0.2) is 0 Å². The lowest BCUT2D eigenvalue weighted by Gasteiger charge is -2.20. The molecule has 5 nitrogen and oxygen atoms in total. The van der Waals surface area contributed by atoms with Gasteiger partial charge in [-0.1, -0.05) is 6.92 Å². The smallest absolute Gasteiger partial charge is 0.358 e. The van der Waals surface area contributed by atoms with Gasteiger partial charge in [0.2, 0.25) is 0 Å². The molecule has 0 saturated carbocycles. The second-order valence-electron chi connectivity index (χ2n) is 4.64. The highest BCUT2D eigenvalue weighted by molar-refractivity contribution is 5.90. The third kappa shape index (κ3) is 2.03. The van der Waals surface area contributed by atoms with Gasteiger partial charge in [-0.2, -0.15) is 5.10 Å². The van der Waals surface area contributed by atoms with Crippen molar-refractivity contribution in [2.75, 3.05) is 12.8 Å². The predicted octanol–water partition coefficient (Wildman–Crippen LogP) is 1.57. The number of nitrogens with two attached hydrogens (primary N) is 1. The van der Waals surface area contributed by atoms with E-state index in [4.69, 9.17) is 5.73 Å². The maximum absolute atomic E-state index is 11.5. The molecule has 0 radical (unpaired) electrons. The van der Waals surface area contributed by atoms with Crippen LogP contribution in [0.25, 0.3) is 0 Å². The zero-order chi connectivity index (χ0) is 12.5. The minimum Gasteiger partial charge on any atom is -0.464 e. The molecule has 90 valence electrons. The van der Waals surface area contributed by atoms with Crippen LogP contribution >= 0.6 is 0 Å². The van der Waals surface area contributed by atoms with E-state index in [1.807, 2.05) is 27.7 Å². The number of nitrogens with zero attached hydrogens (tertiary/aromatic N) is 2. The number of anilines is 1. The van der Waals surface area contributed by atoms with Crippen molar-refractivity contribution in [2.45, 2.75) is 39.7 Å². The monoisotopic (exact) mass is 225 g/mol. The molecule has 5 heteroatoms. The number of hydrogen-bond donors (Lipinski definition) is 1. The normalized spacial score (nSPS) is 11.6. The Hall–Kier alpha value is -1.52. The maximum Gasteiger partial charge on any atom is 0.358 e. The van der Waals surface area contributed by atoms with Crippen LogP contribution in [0.1, 0.15) is 43.7 Å². The molecule has 1 aromatic rings. The van der Waals surface area contributed by atoms with Gasteiger partial charge in [-0.15, -0.1) is 0 Å². The topological polar surface area (TPSA) is 70.1 Å². The molecule has 1 heterocycles. The second kappa shape index (κ2) is 4.15. The first-order valence-electron chi connectivity index (χ1n) is 5.29. The van der Waals surface area contributed by atoms with Gasteiger partial charge >= 0.3 is 5.97 Å². The van der Waals surface area contributed by atoms with Crippen LogP contribution in [0.2, 0.25) is 0 Å². The first kappa shape index (κ1) is 12.5. The molecule has 16 heavy (non-hydrogen) atoms. The van der Waals surface area contributed by atoms with Crippen LogP contribution in [-0.4, -0.2) is 22.9 Å². The van der Waals surface area contributed by atoms with E-state index in [-0.39, 0.29) is 5.54 Å². The van der Waals surface area contributed by atoms with E-state index >= 15 is 0 Å². The van der Waals surface area contributed by atoms with Crippen LogP contribution in [0.3, 0.4) is 0 Å². The van der Waals surface area contributed by atoms with Gasteiger partial charge in [0.25, 0.3) is 0 Å². The molecule has 0 atom stereocenters. The van der Waals surface area contributed by atoms with Crippen LogP contribution < -0.4 is 5.73 Å². The molecule has 0 aliphatic rings. The summed E-state index contributed by atoms with van der Waals surface area (Å²) < 4.78 is 6.35. The number of hydrogen-bond acceptors (Lipinski definition) is 4. The summed E-state index contributed by atoms with van der Waals surface area (Å²) in [4.78, 5) is 11.5. The Morgan fingerprint density at radius 1 is 1.50 bits per heavy atom. The third-order valence-electron chi connectivity index (χ3n) is 2.39. The molecule has 0 aliphatic heterocycles. The van der Waals surface area contributed by atoms with Gasteiger partial charge in [0.05, 0.1) is 12.6 Å². The molecule has 0 spiro atoms. The van der Waals surface area contributed by atoms with Crippen molar-refractivity contribution in [3.63, 3.8) is 0 Å². The molecular weight excluding hydrogens is 206 g/mol. The Morgan fingerprint density at radius 3 is 2.44 bits per heavy atom. The fourth-order valence-electron chi connectivity index (χ4n) is 1.58.